The second kappa shape index (κ2) is 3.66. The van der Waals surface area contributed by atoms with Crippen LogP contribution in [-0.4, -0.2) is 27.7 Å². The molecule has 0 spiro atoms. The van der Waals surface area contributed by atoms with Crippen molar-refractivity contribution in [3.63, 3.8) is 0 Å². The monoisotopic (exact) mass is 168 g/mol. The number of carboxylic acids is 1. The van der Waals surface area contributed by atoms with Crippen LogP contribution in [0.1, 0.15) is 5.82 Å². The van der Waals surface area contributed by atoms with E-state index in [0.29, 0.717) is 5.82 Å². The molecule has 1 heterocycles. The lowest BCUT2D eigenvalue weighted by Crippen LogP contribution is -2.10. The molecule has 0 aromatic carbocycles. The largest absolute Gasteiger partial charge is 0.479 e. The van der Waals surface area contributed by atoms with Gasteiger partial charge in [0.2, 0.25) is 5.88 Å². The summed E-state index contributed by atoms with van der Waals surface area (Å²) >= 11 is 0. The first-order valence-electron chi connectivity index (χ1n) is 3.33. The number of aryl methyl sites for hydroxylation is 1. The van der Waals surface area contributed by atoms with E-state index in [-0.39, 0.29) is 12.5 Å². The lowest BCUT2D eigenvalue weighted by molar-refractivity contribution is -0.139. The minimum Gasteiger partial charge on any atom is -0.479 e. The number of carboxylic acid groups (broad SMARTS) is 1. The summed E-state index contributed by atoms with van der Waals surface area (Å²) in [6, 6.07) is 1.51. The molecule has 0 radical (unpaired) electrons. The first-order chi connectivity index (χ1) is 5.68. The van der Waals surface area contributed by atoms with Gasteiger partial charge in [0.15, 0.2) is 6.61 Å². The molecule has 0 aliphatic rings. The zero-order valence-corrected chi connectivity index (χ0v) is 6.52. The molecule has 0 atom stereocenters. The predicted octanol–water partition coefficient (Wildman–Crippen LogP) is 0.248. The molecule has 1 N–H and O–H groups in total. The van der Waals surface area contributed by atoms with E-state index in [1.165, 1.54) is 12.3 Å². The highest BCUT2D eigenvalue weighted by molar-refractivity contribution is 5.68. The molecule has 0 saturated carbocycles. The van der Waals surface area contributed by atoms with Gasteiger partial charge in [-0.15, -0.1) is 0 Å². The van der Waals surface area contributed by atoms with Crippen LogP contribution in [0.5, 0.6) is 5.88 Å². The van der Waals surface area contributed by atoms with E-state index in [9.17, 15) is 4.79 Å². The van der Waals surface area contributed by atoms with Crippen LogP contribution in [0.2, 0.25) is 0 Å². The molecule has 5 heteroatoms. The van der Waals surface area contributed by atoms with E-state index in [1.54, 1.807) is 6.92 Å². The lowest BCUT2D eigenvalue weighted by Gasteiger charge is -2.00. The summed E-state index contributed by atoms with van der Waals surface area (Å²) in [6.45, 7) is 1.32. The second-order valence-corrected chi connectivity index (χ2v) is 2.12. The number of nitrogens with zero attached hydrogens (tertiary/aromatic N) is 2. The van der Waals surface area contributed by atoms with Gasteiger partial charge in [0, 0.05) is 12.3 Å². The predicted molar refractivity (Wildman–Crippen MR) is 39.9 cm³/mol. The number of rotatable bonds is 3. The molecule has 0 amide bonds. The molecule has 0 unspecified atom stereocenters. The topological polar surface area (TPSA) is 72.3 Å². The molecule has 1 rings (SSSR count). The number of carbonyl (C=O) groups is 1. The minimum atomic E-state index is -1.02. The third-order valence-electron chi connectivity index (χ3n) is 1.09. The summed E-state index contributed by atoms with van der Waals surface area (Å²) in [5, 5.41) is 8.28. The Kier molecular flexibility index (Phi) is 2.57. The Morgan fingerprint density at radius 3 is 3.08 bits per heavy atom. The fraction of sp³-hybridized carbons (Fsp3) is 0.286. The molecule has 0 fully saturated rings. The fourth-order valence-corrected chi connectivity index (χ4v) is 0.651. The summed E-state index contributed by atoms with van der Waals surface area (Å²) in [5.41, 5.74) is 0. The average Bonchev–Trinajstić information content (AvgIpc) is 2.01. The first-order valence-corrected chi connectivity index (χ1v) is 3.33. The van der Waals surface area contributed by atoms with E-state index in [0.717, 1.165) is 0 Å². The van der Waals surface area contributed by atoms with Crippen LogP contribution in [0, 0.1) is 6.92 Å². The molecule has 12 heavy (non-hydrogen) atoms. The van der Waals surface area contributed by atoms with Crippen LogP contribution in [0.3, 0.4) is 0 Å². The van der Waals surface area contributed by atoms with E-state index >= 15 is 0 Å². The van der Waals surface area contributed by atoms with E-state index in [4.69, 9.17) is 9.84 Å². The van der Waals surface area contributed by atoms with Crippen molar-refractivity contribution in [3.05, 3.63) is 18.1 Å². The Balaban J connectivity index is 2.57. The Hall–Kier alpha value is -1.65. The van der Waals surface area contributed by atoms with Crippen LogP contribution >= 0.6 is 0 Å². The second-order valence-electron chi connectivity index (χ2n) is 2.12. The summed E-state index contributed by atoms with van der Waals surface area (Å²) in [7, 11) is 0. The Morgan fingerprint density at radius 2 is 2.50 bits per heavy atom. The summed E-state index contributed by atoms with van der Waals surface area (Å²) in [6.07, 6.45) is 1.51. The van der Waals surface area contributed by atoms with Gasteiger partial charge in [-0.2, -0.15) is 4.98 Å². The average molecular weight is 168 g/mol. The van der Waals surface area contributed by atoms with Gasteiger partial charge in [0.05, 0.1) is 0 Å². The normalized spacial score (nSPS) is 9.42. The standard InChI is InChI=1S/C7H8N2O3/c1-5-8-3-2-6(9-5)12-4-7(10)11/h2-3H,4H2,1H3,(H,10,11). The molecule has 0 aliphatic carbocycles. The van der Waals surface area contributed by atoms with E-state index < -0.39 is 5.97 Å². The van der Waals surface area contributed by atoms with Crippen molar-refractivity contribution < 1.29 is 14.6 Å². The summed E-state index contributed by atoms with van der Waals surface area (Å²) < 4.78 is 4.80. The van der Waals surface area contributed by atoms with Crippen molar-refractivity contribution in [3.8, 4) is 5.88 Å². The highest BCUT2D eigenvalue weighted by Crippen LogP contribution is 2.03. The van der Waals surface area contributed by atoms with Gasteiger partial charge < -0.3 is 9.84 Å². The summed E-state index contributed by atoms with van der Waals surface area (Å²) in [4.78, 5) is 17.8. The van der Waals surface area contributed by atoms with Crippen LogP contribution in [0.4, 0.5) is 0 Å². The van der Waals surface area contributed by atoms with Crippen molar-refractivity contribution in [2.75, 3.05) is 6.61 Å². The Morgan fingerprint density at radius 1 is 1.75 bits per heavy atom. The van der Waals surface area contributed by atoms with Gasteiger partial charge in [-0.25, -0.2) is 9.78 Å². The molecule has 64 valence electrons. The van der Waals surface area contributed by atoms with Crippen LogP contribution < -0.4 is 4.74 Å². The van der Waals surface area contributed by atoms with Crippen LogP contribution in [0.25, 0.3) is 0 Å². The van der Waals surface area contributed by atoms with Crippen molar-refractivity contribution in [2.24, 2.45) is 0 Å². The van der Waals surface area contributed by atoms with E-state index in [1.807, 2.05) is 0 Å². The quantitative estimate of drug-likeness (QED) is 0.700. The van der Waals surface area contributed by atoms with Gasteiger partial charge >= 0.3 is 5.97 Å². The van der Waals surface area contributed by atoms with Gasteiger partial charge in [0.25, 0.3) is 0 Å². The summed E-state index contributed by atoms with van der Waals surface area (Å²) in [5.74, 6) is -0.186. The first kappa shape index (κ1) is 8.45. The Bertz CT molecular complexity index is 288. The maximum atomic E-state index is 10.1. The smallest absolute Gasteiger partial charge is 0.341 e. The van der Waals surface area contributed by atoms with Crippen molar-refractivity contribution in [2.45, 2.75) is 6.92 Å². The zero-order chi connectivity index (χ0) is 8.97. The molecule has 1 aromatic rings. The molecule has 1 aromatic heterocycles. The number of ether oxygens (including phenoxy) is 1. The molecular weight excluding hydrogens is 160 g/mol. The van der Waals surface area contributed by atoms with Gasteiger partial charge in [-0.1, -0.05) is 0 Å². The van der Waals surface area contributed by atoms with Crippen molar-refractivity contribution in [1.82, 2.24) is 9.97 Å². The van der Waals surface area contributed by atoms with Crippen molar-refractivity contribution >= 4 is 5.97 Å². The van der Waals surface area contributed by atoms with Gasteiger partial charge in [-0.05, 0) is 6.92 Å². The molecular formula is C7H8N2O3. The molecule has 0 bridgehead atoms. The van der Waals surface area contributed by atoms with E-state index in [2.05, 4.69) is 9.97 Å². The molecule has 5 nitrogen and oxygen atoms in total. The third kappa shape index (κ3) is 2.53. The zero-order valence-electron chi connectivity index (χ0n) is 6.52. The maximum absolute atomic E-state index is 10.1. The molecule has 0 saturated heterocycles. The van der Waals surface area contributed by atoms with Crippen LogP contribution in [-0.2, 0) is 4.79 Å². The number of hydrogen-bond acceptors (Lipinski definition) is 4. The SMILES string of the molecule is Cc1nccc(OCC(=O)O)n1. The van der Waals surface area contributed by atoms with Gasteiger partial charge in [0.1, 0.15) is 5.82 Å². The maximum Gasteiger partial charge on any atom is 0.341 e. The highest BCUT2D eigenvalue weighted by Gasteiger charge is 1.99. The highest BCUT2D eigenvalue weighted by atomic mass is 16.5. The van der Waals surface area contributed by atoms with Crippen molar-refractivity contribution in [1.29, 1.82) is 0 Å². The Labute approximate surface area is 69.0 Å². The minimum absolute atomic E-state index is 0.282. The number of hydrogen-bond donors (Lipinski definition) is 1. The number of aromatic nitrogens is 2. The van der Waals surface area contributed by atoms with Gasteiger partial charge in [-0.3, -0.25) is 0 Å². The fourth-order valence-electron chi connectivity index (χ4n) is 0.651. The number of aliphatic carboxylic acids is 1. The van der Waals surface area contributed by atoms with Crippen LogP contribution in [0.15, 0.2) is 12.3 Å². The molecule has 0 aliphatic heterocycles. The third-order valence-corrected chi connectivity index (χ3v) is 1.09. The lowest BCUT2D eigenvalue weighted by atomic mass is 10.6.